The molecule has 204 valence electrons. The first-order valence-electron chi connectivity index (χ1n) is 11.6. The van der Waals surface area contributed by atoms with Crippen molar-refractivity contribution in [2.45, 2.75) is 6.61 Å². The molecule has 0 saturated heterocycles. The number of nitrogens with zero attached hydrogens (tertiary/aromatic N) is 1. The number of methoxy groups -OCH3 is 1. The Bertz CT molecular complexity index is 1580. The van der Waals surface area contributed by atoms with Crippen LogP contribution in [0.1, 0.15) is 31.8 Å². The lowest BCUT2D eigenvalue weighted by atomic mass is 10.2. The summed E-state index contributed by atoms with van der Waals surface area (Å²) in [6.45, 7) is 0.253. The second-order valence-corrected chi connectivity index (χ2v) is 9.83. The summed E-state index contributed by atoms with van der Waals surface area (Å²) in [6.07, 6.45) is 1.43. The van der Waals surface area contributed by atoms with Gasteiger partial charge in [0.1, 0.15) is 12.4 Å². The van der Waals surface area contributed by atoms with Crippen LogP contribution in [0.5, 0.6) is 17.2 Å². The van der Waals surface area contributed by atoms with Gasteiger partial charge in [0.15, 0.2) is 11.5 Å². The average Bonchev–Trinajstić information content (AvgIpc) is 2.95. The number of ether oxygens (including phenoxy) is 3. The van der Waals surface area contributed by atoms with E-state index in [9.17, 15) is 9.59 Å². The van der Waals surface area contributed by atoms with Crippen molar-refractivity contribution in [3.63, 3.8) is 0 Å². The van der Waals surface area contributed by atoms with Gasteiger partial charge in [0.05, 0.1) is 28.9 Å². The molecule has 1 amide bonds. The first kappa shape index (κ1) is 29.2. The van der Waals surface area contributed by atoms with Gasteiger partial charge in [-0.1, -0.05) is 52.5 Å². The van der Waals surface area contributed by atoms with Gasteiger partial charge in [-0.3, -0.25) is 4.79 Å². The number of nitrogens with one attached hydrogen (secondary N) is 1. The van der Waals surface area contributed by atoms with Crippen LogP contribution >= 0.6 is 46.4 Å². The molecule has 4 aromatic rings. The highest BCUT2D eigenvalue weighted by Crippen LogP contribution is 2.29. The topological polar surface area (TPSA) is 86.2 Å². The summed E-state index contributed by atoms with van der Waals surface area (Å²) < 4.78 is 16.5. The summed E-state index contributed by atoms with van der Waals surface area (Å²) in [5.41, 5.74) is 4.46. The van der Waals surface area contributed by atoms with Crippen LogP contribution in [0.4, 0.5) is 0 Å². The Labute approximate surface area is 250 Å². The second-order valence-electron chi connectivity index (χ2n) is 8.18. The normalized spacial score (nSPS) is 10.8. The van der Waals surface area contributed by atoms with Gasteiger partial charge in [-0.2, -0.15) is 5.10 Å². The fourth-order valence-electron chi connectivity index (χ4n) is 3.36. The molecule has 11 heteroatoms. The highest BCUT2D eigenvalue weighted by atomic mass is 35.5. The molecule has 1 N–H and O–H groups in total. The number of hydrazone groups is 1. The molecule has 0 aromatic heterocycles. The van der Waals surface area contributed by atoms with Gasteiger partial charge in [0.25, 0.3) is 5.91 Å². The van der Waals surface area contributed by atoms with Gasteiger partial charge in [-0.05, 0) is 78.4 Å². The zero-order chi connectivity index (χ0) is 28.6. The van der Waals surface area contributed by atoms with Crippen molar-refractivity contribution in [2.75, 3.05) is 7.11 Å². The summed E-state index contributed by atoms with van der Waals surface area (Å²) >= 11 is 24.0. The average molecular weight is 618 g/mol. The van der Waals surface area contributed by atoms with Gasteiger partial charge in [0.2, 0.25) is 0 Å². The van der Waals surface area contributed by atoms with E-state index in [1.807, 2.05) is 0 Å². The van der Waals surface area contributed by atoms with Gasteiger partial charge < -0.3 is 14.2 Å². The summed E-state index contributed by atoms with van der Waals surface area (Å²) in [7, 11) is 1.44. The molecule has 0 bridgehead atoms. The molecule has 0 spiro atoms. The molecule has 0 atom stereocenters. The molecule has 0 aliphatic heterocycles. The fraction of sp³-hybridized carbons (Fsp3) is 0.0690. The minimum Gasteiger partial charge on any atom is -0.493 e. The predicted molar refractivity (Wildman–Crippen MR) is 157 cm³/mol. The summed E-state index contributed by atoms with van der Waals surface area (Å²) in [5.74, 6) is 0.0103. The molecule has 0 heterocycles. The van der Waals surface area contributed by atoms with E-state index in [0.717, 1.165) is 5.56 Å². The number of esters is 1. The van der Waals surface area contributed by atoms with Crippen molar-refractivity contribution in [3.8, 4) is 17.2 Å². The number of carbonyl (C=O) groups is 2. The zero-order valence-corrected chi connectivity index (χ0v) is 23.8. The molecule has 0 aliphatic carbocycles. The van der Waals surface area contributed by atoms with E-state index < -0.39 is 11.9 Å². The third kappa shape index (κ3) is 7.67. The van der Waals surface area contributed by atoms with E-state index in [-0.39, 0.29) is 22.9 Å². The van der Waals surface area contributed by atoms with E-state index in [2.05, 4.69) is 10.5 Å². The number of hydrogen-bond acceptors (Lipinski definition) is 6. The Morgan fingerprint density at radius 1 is 0.800 bits per heavy atom. The van der Waals surface area contributed by atoms with Crippen LogP contribution in [0.15, 0.2) is 84.0 Å². The van der Waals surface area contributed by atoms with Crippen molar-refractivity contribution < 1.29 is 23.8 Å². The SMILES string of the molecule is COc1cc(/C=N\NC(=O)c2ccc(OCc3ccc(Cl)cc3Cl)cc2)ccc1OC(=O)c1ccc(Cl)c(Cl)c1. The quantitative estimate of drug-likeness (QED) is 0.0894. The first-order chi connectivity index (χ1) is 19.2. The van der Waals surface area contributed by atoms with Crippen LogP contribution < -0.4 is 19.6 Å². The first-order valence-corrected chi connectivity index (χ1v) is 13.1. The Balaban J connectivity index is 1.33. The van der Waals surface area contributed by atoms with Gasteiger partial charge in [-0.15, -0.1) is 0 Å². The molecular formula is C29H20Cl4N2O5. The maximum absolute atomic E-state index is 12.5. The van der Waals surface area contributed by atoms with Crippen LogP contribution in [0.3, 0.4) is 0 Å². The van der Waals surface area contributed by atoms with E-state index in [4.69, 9.17) is 60.6 Å². The minimum atomic E-state index is -0.629. The van der Waals surface area contributed by atoms with Crippen molar-refractivity contribution >= 4 is 64.5 Å². The van der Waals surface area contributed by atoms with E-state index in [0.29, 0.717) is 37.7 Å². The lowest BCUT2D eigenvalue weighted by molar-refractivity contribution is 0.0729. The molecule has 4 rings (SSSR count). The van der Waals surface area contributed by atoms with Crippen LogP contribution in [-0.2, 0) is 6.61 Å². The van der Waals surface area contributed by atoms with Crippen molar-refractivity contribution in [1.82, 2.24) is 5.43 Å². The number of halogens is 4. The lowest BCUT2D eigenvalue weighted by Crippen LogP contribution is -2.17. The molecule has 0 aliphatic rings. The van der Waals surface area contributed by atoms with Crippen LogP contribution in [0, 0.1) is 0 Å². The van der Waals surface area contributed by atoms with E-state index in [1.54, 1.807) is 60.7 Å². The van der Waals surface area contributed by atoms with Crippen LogP contribution in [0.25, 0.3) is 0 Å². The molecule has 4 aromatic carbocycles. The highest BCUT2D eigenvalue weighted by molar-refractivity contribution is 6.42. The number of carbonyl (C=O) groups excluding carboxylic acids is 2. The molecule has 0 radical (unpaired) electrons. The standard InChI is InChI=1S/C29H20Cl4N2O5/c1-38-27-12-17(2-11-26(27)40-29(37)19-6-10-23(31)25(33)13-19)15-34-35-28(36)18-4-8-22(9-5-18)39-16-20-3-7-21(30)14-24(20)32/h2-15H,16H2,1H3,(H,35,36)/b34-15-. The number of amides is 1. The van der Waals surface area contributed by atoms with Crippen molar-refractivity contribution in [1.29, 1.82) is 0 Å². The highest BCUT2D eigenvalue weighted by Gasteiger charge is 2.14. The Morgan fingerprint density at radius 3 is 2.25 bits per heavy atom. The Morgan fingerprint density at radius 2 is 1.55 bits per heavy atom. The molecule has 0 saturated carbocycles. The van der Waals surface area contributed by atoms with Crippen LogP contribution in [-0.4, -0.2) is 25.2 Å². The van der Waals surface area contributed by atoms with Crippen LogP contribution in [0.2, 0.25) is 20.1 Å². The number of rotatable bonds is 9. The van der Waals surface area contributed by atoms with E-state index in [1.165, 1.54) is 31.5 Å². The second kappa shape index (κ2) is 13.5. The molecular weight excluding hydrogens is 598 g/mol. The largest absolute Gasteiger partial charge is 0.493 e. The van der Waals surface area contributed by atoms with Crippen molar-refractivity contribution in [2.24, 2.45) is 5.10 Å². The number of hydrogen-bond donors (Lipinski definition) is 1. The van der Waals surface area contributed by atoms with E-state index >= 15 is 0 Å². The van der Waals surface area contributed by atoms with Crippen molar-refractivity contribution in [3.05, 3.63) is 121 Å². The summed E-state index contributed by atoms with van der Waals surface area (Å²) in [4.78, 5) is 25.0. The lowest BCUT2D eigenvalue weighted by Gasteiger charge is -2.10. The predicted octanol–water partition coefficient (Wildman–Crippen LogP) is 7.87. The van der Waals surface area contributed by atoms with Gasteiger partial charge >= 0.3 is 5.97 Å². The summed E-state index contributed by atoms with van der Waals surface area (Å²) in [5, 5.41) is 5.61. The third-order valence-corrected chi connectivity index (χ3v) is 6.78. The summed E-state index contributed by atoms with van der Waals surface area (Å²) in [6, 6.07) is 21.0. The molecule has 0 fully saturated rings. The fourth-order valence-corrected chi connectivity index (χ4v) is 4.12. The molecule has 40 heavy (non-hydrogen) atoms. The monoisotopic (exact) mass is 616 g/mol. The van der Waals surface area contributed by atoms with Gasteiger partial charge in [-0.25, -0.2) is 10.2 Å². The third-order valence-electron chi connectivity index (χ3n) is 5.45. The minimum absolute atomic E-state index is 0.195. The maximum Gasteiger partial charge on any atom is 0.343 e. The van der Waals surface area contributed by atoms with Gasteiger partial charge in [0, 0.05) is 21.2 Å². The Hall–Kier alpha value is -3.75. The Kier molecular flexibility index (Phi) is 9.90. The number of benzene rings is 4. The maximum atomic E-state index is 12.5. The molecule has 7 nitrogen and oxygen atoms in total. The zero-order valence-electron chi connectivity index (χ0n) is 20.8. The smallest absolute Gasteiger partial charge is 0.343 e. The molecule has 0 unspecified atom stereocenters.